The van der Waals surface area contributed by atoms with Crippen LogP contribution in [0.1, 0.15) is 181 Å². The van der Waals surface area contributed by atoms with Gasteiger partial charge in [0.1, 0.15) is 36.6 Å². The highest BCUT2D eigenvalue weighted by Crippen LogP contribution is 2.23. The standard InChI is InChI=1S/C48H87NO10/c1-3-5-7-9-11-13-15-17-19-20-21-22-24-26-28-30-32-34-36-41(52)47(57)49-39(38-58-48-46(56)45(55)44(54)42(37-50)59-48)43(53)40(51)35-33-31-29-27-25-23-18-16-14-12-10-8-6-4-2/h8,10,16,18,20-21,27,29,39-46,48,50-56H,3-7,9,11-15,17,19,22-26,28,30-38H2,1-2H3,(H,49,57)/b10-8+,18-16+,21-20-,29-27+. The highest BCUT2D eigenvalue weighted by molar-refractivity contribution is 5.80. The lowest BCUT2D eigenvalue weighted by molar-refractivity contribution is -0.303. The molecule has 11 heteroatoms. The van der Waals surface area contributed by atoms with Crippen molar-refractivity contribution in [3.8, 4) is 0 Å². The van der Waals surface area contributed by atoms with Crippen LogP contribution in [-0.4, -0.2) is 110 Å². The highest BCUT2D eigenvalue weighted by Gasteiger charge is 2.44. The first-order valence-electron chi connectivity index (χ1n) is 23.5. The second-order valence-corrected chi connectivity index (χ2v) is 16.4. The van der Waals surface area contributed by atoms with Crippen LogP contribution in [0.25, 0.3) is 0 Å². The summed E-state index contributed by atoms with van der Waals surface area (Å²) in [7, 11) is 0. The minimum absolute atomic E-state index is 0.238. The smallest absolute Gasteiger partial charge is 0.249 e. The Balaban J connectivity index is 2.48. The molecule has 0 aliphatic carbocycles. The van der Waals surface area contributed by atoms with E-state index in [9.17, 15) is 40.5 Å². The van der Waals surface area contributed by atoms with Crippen molar-refractivity contribution in [1.82, 2.24) is 5.32 Å². The second-order valence-electron chi connectivity index (χ2n) is 16.4. The molecule has 1 aliphatic rings. The molecule has 1 fully saturated rings. The summed E-state index contributed by atoms with van der Waals surface area (Å²) in [6.45, 7) is 3.34. The summed E-state index contributed by atoms with van der Waals surface area (Å²) in [5, 5.41) is 75.6. The van der Waals surface area contributed by atoms with Crippen molar-refractivity contribution in [3.05, 3.63) is 48.6 Å². The summed E-state index contributed by atoms with van der Waals surface area (Å²) in [6.07, 6.45) is 33.0. The van der Waals surface area contributed by atoms with E-state index >= 15 is 0 Å². The van der Waals surface area contributed by atoms with Gasteiger partial charge in [0.2, 0.25) is 5.91 Å². The van der Waals surface area contributed by atoms with Gasteiger partial charge in [0, 0.05) is 0 Å². The summed E-state index contributed by atoms with van der Waals surface area (Å²) >= 11 is 0. The zero-order valence-corrected chi connectivity index (χ0v) is 37.0. The van der Waals surface area contributed by atoms with Crippen LogP contribution in [0.5, 0.6) is 0 Å². The van der Waals surface area contributed by atoms with Crippen molar-refractivity contribution in [2.24, 2.45) is 0 Å². The number of unbranched alkanes of at least 4 members (excludes halogenated alkanes) is 18. The van der Waals surface area contributed by atoms with Gasteiger partial charge in [-0.2, -0.15) is 0 Å². The predicted octanol–water partition coefficient (Wildman–Crippen LogP) is 7.78. The van der Waals surface area contributed by atoms with Crippen LogP contribution < -0.4 is 5.32 Å². The van der Waals surface area contributed by atoms with Crippen LogP contribution in [0.2, 0.25) is 0 Å². The molecule has 0 saturated carbocycles. The lowest BCUT2D eigenvalue weighted by Gasteiger charge is -2.40. The molecule has 9 atom stereocenters. The molecule has 1 amide bonds. The van der Waals surface area contributed by atoms with Crippen molar-refractivity contribution in [1.29, 1.82) is 0 Å². The number of hydrogen-bond donors (Lipinski definition) is 8. The van der Waals surface area contributed by atoms with Gasteiger partial charge in [0.05, 0.1) is 25.4 Å². The molecule has 1 aliphatic heterocycles. The maximum Gasteiger partial charge on any atom is 0.249 e. The molecule has 0 spiro atoms. The quantitative estimate of drug-likeness (QED) is 0.0225. The molecule has 11 nitrogen and oxygen atoms in total. The minimum atomic E-state index is -1.67. The number of hydrogen-bond acceptors (Lipinski definition) is 10. The lowest BCUT2D eigenvalue weighted by Crippen LogP contribution is -2.60. The molecule has 1 rings (SSSR count). The molecule has 1 saturated heterocycles. The summed E-state index contributed by atoms with van der Waals surface area (Å²) in [4.78, 5) is 13.1. The molecule has 0 radical (unpaired) electrons. The Morgan fingerprint density at radius 2 is 1.05 bits per heavy atom. The van der Waals surface area contributed by atoms with Gasteiger partial charge in [-0.3, -0.25) is 4.79 Å². The molecule has 9 unspecified atom stereocenters. The van der Waals surface area contributed by atoms with Crippen LogP contribution in [0.3, 0.4) is 0 Å². The fraction of sp³-hybridized carbons (Fsp3) is 0.812. The molecule has 8 N–H and O–H groups in total. The molecule has 1 heterocycles. The molecule has 0 aromatic carbocycles. The van der Waals surface area contributed by atoms with E-state index in [2.05, 4.69) is 67.8 Å². The number of carbonyl (C=O) groups is 1. The second kappa shape index (κ2) is 37.8. The van der Waals surface area contributed by atoms with E-state index in [1.54, 1.807) is 0 Å². The van der Waals surface area contributed by atoms with Crippen LogP contribution in [0.15, 0.2) is 48.6 Å². The SMILES string of the molecule is CCC/C=C/CC/C=C/CC/C=C/CCCC(O)C(O)C(COC1OC(CO)C(O)C(O)C1O)NC(=O)C(O)CCCCCCCC/C=C\CCCCCCCCCC. The van der Waals surface area contributed by atoms with Crippen molar-refractivity contribution < 1.29 is 50.0 Å². The van der Waals surface area contributed by atoms with Gasteiger partial charge in [-0.25, -0.2) is 0 Å². The first-order valence-corrected chi connectivity index (χ1v) is 23.5. The Morgan fingerprint density at radius 3 is 1.58 bits per heavy atom. The summed E-state index contributed by atoms with van der Waals surface area (Å²) < 4.78 is 11.1. The van der Waals surface area contributed by atoms with Crippen molar-refractivity contribution >= 4 is 5.91 Å². The van der Waals surface area contributed by atoms with Gasteiger partial charge in [0.15, 0.2) is 6.29 Å². The highest BCUT2D eigenvalue weighted by atomic mass is 16.7. The summed E-state index contributed by atoms with van der Waals surface area (Å²) in [5.41, 5.74) is 0. The van der Waals surface area contributed by atoms with E-state index in [0.717, 1.165) is 70.6 Å². The third-order valence-electron chi connectivity index (χ3n) is 11.0. The van der Waals surface area contributed by atoms with E-state index < -0.39 is 74.2 Å². The van der Waals surface area contributed by atoms with Crippen molar-refractivity contribution in [2.75, 3.05) is 13.2 Å². The first-order chi connectivity index (χ1) is 28.7. The number of allylic oxidation sites excluding steroid dienone is 8. The van der Waals surface area contributed by atoms with Crippen molar-refractivity contribution in [2.45, 2.75) is 236 Å². The maximum atomic E-state index is 13.1. The number of nitrogens with one attached hydrogen (secondary N) is 1. The first kappa shape index (κ1) is 55.1. The summed E-state index contributed by atoms with van der Waals surface area (Å²) in [6, 6.07) is -1.20. The van der Waals surface area contributed by atoms with Gasteiger partial charge in [-0.15, -0.1) is 0 Å². The Labute approximate surface area is 358 Å². The average molecular weight is 838 g/mol. The van der Waals surface area contributed by atoms with Gasteiger partial charge in [-0.1, -0.05) is 146 Å². The number of ether oxygens (including phenoxy) is 2. The maximum absolute atomic E-state index is 13.1. The Morgan fingerprint density at radius 1 is 0.576 bits per heavy atom. The number of amides is 1. The Hall–Kier alpha value is -1.93. The molecular weight excluding hydrogens is 751 g/mol. The molecule has 0 aromatic rings. The van der Waals surface area contributed by atoms with E-state index in [0.29, 0.717) is 19.3 Å². The molecule has 344 valence electrons. The van der Waals surface area contributed by atoms with Gasteiger partial charge in [-0.05, 0) is 83.5 Å². The number of rotatable bonds is 38. The molecule has 0 bridgehead atoms. The Kier molecular flexibility index (Phi) is 35.3. The third kappa shape index (κ3) is 27.6. The zero-order chi connectivity index (χ0) is 43.4. The van der Waals surface area contributed by atoms with E-state index in [1.807, 2.05) is 0 Å². The van der Waals surface area contributed by atoms with E-state index in [1.165, 1.54) is 64.2 Å². The molecule has 0 aromatic heterocycles. The van der Waals surface area contributed by atoms with Gasteiger partial charge in [0.25, 0.3) is 0 Å². The zero-order valence-electron chi connectivity index (χ0n) is 37.0. The Bertz CT molecular complexity index is 1100. The van der Waals surface area contributed by atoms with Crippen LogP contribution in [0, 0.1) is 0 Å². The predicted molar refractivity (Wildman–Crippen MR) is 238 cm³/mol. The average Bonchev–Trinajstić information content (AvgIpc) is 3.23. The topological polar surface area (TPSA) is 189 Å². The van der Waals surface area contributed by atoms with E-state index in [4.69, 9.17) is 9.47 Å². The van der Waals surface area contributed by atoms with Crippen LogP contribution in [0.4, 0.5) is 0 Å². The number of aliphatic hydroxyl groups is 7. The largest absolute Gasteiger partial charge is 0.394 e. The monoisotopic (exact) mass is 838 g/mol. The number of aliphatic hydroxyl groups excluding tert-OH is 7. The van der Waals surface area contributed by atoms with Crippen molar-refractivity contribution in [3.63, 3.8) is 0 Å². The third-order valence-corrected chi connectivity index (χ3v) is 11.0. The van der Waals surface area contributed by atoms with Crippen LogP contribution >= 0.6 is 0 Å². The minimum Gasteiger partial charge on any atom is -0.394 e. The molecular formula is C48H87NO10. The van der Waals surface area contributed by atoms with E-state index in [-0.39, 0.29) is 12.8 Å². The van der Waals surface area contributed by atoms with Gasteiger partial charge < -0.3 is 50.5 Å². The lowest BCUT2D eigenvalue weighted by atomic mass is 9.98. The van der Waals surface area contributed by atoms with Gasteiger partial charge >= 0.3 is 0 Å². The fourth-order valence-electron chi connectivity index (χ4n) is 7.12. The fourth-order valence-corrected chi connectivity index (χ4v) is 7.12. The summed E-state index contributed by atoms with van der Waals surface area (Å²) in [5.74, 6) is -0.720. The van der Waals surface area contributed by atoms with Crippen LogP contribution in [-0.2, 0) is 14.3 Å². The molecule has 59 heavy (non-hydrogen) atoms. The normalized spacial score (nSPS) is 22.2. The number of carbonyl (C=O) groups excluding carboxylic acids is 1.